The predicted octanol–water partition coefficient (Wildman–Crippen LogP) is 2.13. The van der Waals surface area contributed by atoms with Crippen LogP contribution in [-0.2, 0) is 0 Å². The van der Waals surface area contributed by atoms with E-state index in [1.165, 1.54) is 0 Å². The number of hydrogen-bond acceptors (Lipinski definition) is 0. The fourth-order valence-electron chi connectivity index (χ4n) is 0.207. The Morgan fingerprint density at radius 1 is 1.56 bits per heavy atom. The normalized spacial score (nSPS) is 13.0. The first-order chi connectivity index (χ1) is 3.98. The molecule has 0 unspecified atom stereocenters. The maximum absolute atomic E-state index is 11.5. The summed E-state index contributed by atoms with van der Waals surface area (Å²) in [6.07, 6.45) is 1.02. The molecule has 0 saturated heterocycles. The number of halogens is 3. The van der Waals surface area contributed by atoms with Crippen LogP contribution >= 0.6 is 0 Å². The molecule has 0 heterocycles. The average molecular weight is 134 g/mol. The molecule has 0 bridgehead atoms. The van der Waals surface area contributed by atoms with E-state index < -0.39 is 11.7 Å². The molecule has 3 heteroatoms. The molecule has 0 amide bonds. The molecule has 9 heavy (non-hydrogen) atoms. The molecule has 0 aliphatic rings. The lowest BCUT2D eigenvalue weighted by atomic mass is 10.3. The lowest BCUT2D eigenvalue weighted by Gasteiger charge is -2.02. The zero-order valence-electron chi connectivity index (χ0n) is 4.79. The van der Waals surface area contributed by atoms with Crippen LogP contribution in [0.25, 0.3) is 0 Å². The fraction of sp³-hybridized carbons (Fsp3) is 0.333. The minimum Gasteiger partial charge on any atom is -0.166 e. The van der Waals surface area contributed by atoms with Gasteiger partial charge < -0.3 is 0 Å². The highest BCUT2D eigenvalue weighted by molar-refractivity contribution is 5.18. The van der Waals surface area contributed by atoms with E-state index >= 15 is 0 Å². The van der Waals surface area contributed by atoms with Gasteiger partial charge in [0.05, 0.1) is 0 Å². The maximum atomic E-state index is 11.5. The minimum absolute atomic E-state index is 0.694. The van der Waals surface area contributed by atoms with Crippen molar-refractivity contribution in [3.05, 3.63) is 11.6 Å². The van der Waals surface area contributed by atoms with Crippen LogP contribution in [0.15, 0.2) is 11.6 Å². The second-order valence-electron chi connectivity index (χ2n) is 1.49. The number of allylic oxidation sites excluding steroid dienone is 2. The van der Waals surface area contributed by atoms with Gasteiger partial charge in [-0.3, -0.25) is 0 Å². The van der Waals surface area contributed by atoms with Gasteiger partial charge in [0, 0.05) is 5.57 Å². The maximum Gasteiger partial charge on any atom is 0.413 e. The molecule has 0 aliphatic heterocycles. The van der Waals surface area contributed by atoms with E-state index in [9.17, 15) is 13.2 Å². The van der Waals surface area contributed by atoms with Gasteiger partial charge in [-0.15, -0.1) is 6.42 Å². The SMILES string of the molecule is C#C/C=C(/C)C(F)(F)F. The third kappa shape index (κ3) is 2.81. The summed E-state index contributed by atoms with van der Waals surface area (Å²) in [6.45, 7) is 0.930. The molecule has 0 aromatic heterocycles. The summed E-state index contributed by atoms with van der Waals surface area (Å²) in [5.41, 5.74) is -0.745. The Kier molecular flexibility index (Phi) is 2.32. The van der Waals surface area contributed by atoms with Crippen molar-refractivity contribution in [2.24, 2.45) is 0 Å². The monoisotopic (exact) mass is 134 g/mol. The van der Waals surface area contributed by atoms with Gasteiger partial charge >= 0.3 is 6.18 Å². The van der Waals surface area contributed by atoms with Crippen LogP contribution in [0.3, 0.4) is 0 Å². The van der Waals surface area contributed by atoms with Crippen molar-refractivity contribution >= 4 is 0 Å². The molecule has 50 valence electrons. The van der Waals surface area contributed by atoms with Crippen molar-refractivity contribution in [3.63, 3.8) is 0 Å². The first-order valence-corrected chi connectivity index (χ1v) is 2.18. The Morgan fingerprint density at radius 2 is 2.00 bits per heavy atom. The zero-order chi connectivity index (χ0) is 7.49. The average Bonchev–Trinajstić information content (AvgIpc) is 1.64. The standard InChI is InChI=1S/C6H5F3/c1-3-4-5(2)6(7,8)9/h1,4H,2H3/b5-4-. The summed E-state index contributed by atoms with van der Waals surface area (Å²) in [6, 6.07) is 0. The van der Waals surface area contributed by atoms with E-state index in [0.29, 0.717) is 6.08 Å². The van der Waals surface area contributed by atoms with E-state index in [1.807, 2.05) is 0 Å². The number of terminal acetylenes is 1. The van der Waals surface area contributed by atoms with Crippen molar-refractivity contribution in [1.29, 1.82) is 0 Å². The van der Waals surface area contributed by atoms with Gasteiger partial charge in [-0.25, -0.2) is 0 Å². The van der Waals surface area contributed by atoms with Crippen LogP contribution in [0, 0.1) is 12.3 Å². The van der Waals surface area contributed by atoms with E-state index in [0.717, 1.165) is 6.92 Å². The molecule has 0 radical (unpaired) electrons. The van der Waals surface area contributed by atoms with Crippen LogP contribution in [0.2, 0.25) is 0 Å². The Labute approximate surface area is 51.4 Å². The summed E-state index contributed by atoms with van der Waals surface area (Å²) in [4.78, 5) is 0. The summed E-state index contributed by atoms with van der Waals surface area (Å²) in [7, 11) is 0. The third-order valence-electron chi connectivity index (χ3n) is 0.747. The van der Waals surface area contributed by atoms with Crippen LogP contribution < -0.4 is 0 Å². The molecule has 0 fully saturated rings. The van der Waals surface area contributed by atoms with Gasteiger partial charge in [-0.1, -0.05) is 5.92 Å². The highest BCUT2D eigenvalue weighted by Gasteiger charge is 2.29. The van der Waals surface area contributed by atoms with Gasteiger partial charge in [0.25, 0.3) is 0 Å². The van der Waals surface area contributed by atoms with Gasteiger partial charge in [-0.05, 0) is 13.0 Å². The Morgan fingerprint density at radius 3 is 2.11 bits per heavy atom. The van der Waals surface area contributed by atoms with E-state index in [1.54, 1.807) is 5.92 Å². The topological polar surface area (TPSA) is 0 Å². The number of alkyl halides is 3. The molecule has 0 spiro atoms. The van der Waals surface area contributed by atoms with E-state index in [-0.39, 0.29) is 0 Å². The largest absolute Gasteiger partial charge is 0.413 e. The van der Waals surface area contributed by atoms with Crippen molar-refractivity contribution < 1.29 is 13.2 Å². The molecule has 0 aromatic carbocycles. The van der Waals surface area contributed by atoms with Crippen LogP contribution in [-0.4, -0.2) is 6.18 Å². The van der Waals surface area contributed by atoms with Crippen molar-refractivity contribution in [3.8, 4) is 12.3 Å². The van der Waals surface area contributed by atoms with Crippen LogP contribution in [0.5, 0.6) is 0 Å². The first-order valence-electron chi connectivity index (χ1n) is 2.18. The van der Waals surface area contributed by atoms with Crippen molar-refractivity contribution in [2.75, 3.05) is 0 Å². The molecule has 0 atom stereocenters. The molecule has 0 nitrogen and oxygen atoms in total. The molecule has 0 aromatic rings. The lowest BCUT2D eigenvalue weighted by molar-refractivity contribution is -0.0912. The van der Waals surface area contributed by atoms with Crippen LogP contribution in [0.4, 0.5) is 13.2 Å². The highest BCUT2D eigenvalue weighted by Crippen LogP contribution is 2.23. The van der Waals surface area contributed by atoms with Gasteiger partial charge in [0.2, 0.25) is 0 Å². The van der Waals surface area contributed by atoms with Crippen molar-refractivity contribution in [2.45, 2.75) is 13.1 Å². The van der Waals surface area contributed by atoms with Gasteiger partial charge in [-0.2, -0.15) is 13.2 Å². The summed E-state index contributed by atoms with van der Waals surface area (Å²) >= 11 is 0. The zero-order valence-corrected chi connectivity index (χ0v) is 4.79. The van der Waals surface area contributed by atoms with E-state index in [2.05, 4.69) is 6.42 Å². The lowest BCUT2D eigenvalue weighted by Crippen LogP contribution is -2.08. The molecule has 0 saturated carbocycles. The Bertz CT molecular complexity index is 156. The van der Waals surface area contributed by atoms with Gasteiger partial charge in [0.15, 0.2) is 0 Å². The third-order valence-corrected chi connectivity index (χ3v) is 0.747. The number of hydrogen-bond donors (Lipinski definition) is 0. The summed E-state index contributed by atoms with van der Waals surface area (Å²) in [5, 5.41) is 0. The fourth-order valence-corrected chi connectivity index (χ4v) is 0.207. The highest BCUT2D eigenvalue weighted by atomic mass is 19.4. The first kappa shape index (κ1) is 8.09. The quantitative estimate of drug-likeness (QED) is 0.445. The Hall–Kier alpha value is -0.910. The smallest absolute Gasteiger partial charge is 0.166 e. The minimum atomic E-state index is -4.27. The molecular weight excluding hydrogens is 129 g/mol. The molecule has 0 aliphatic carbocycles. The number of rotatable bonds is 0. The second-order valence-corrected chi connectivity index (χ2v) is 1.49. The molecular formula is C6H5F3. The van der Waals surface area contributed by atoms with Crippen molar-refractivity contribution in [1.82, 2.24) is 0 Å². The Balaban J connectivity index is 4.25. The second kappa shape index (κ2) is 2.58. The van der Waals surface area contributed by atoms with Crippen LogP contribution in [0.1, 0.15) is 6.92 Å². The predicted molar refractivity (Wildman–Crippen MR) is 28.6 cm³/mol. The summed E-state index contributed by atoms with van der Waals surface area (Å²) < 4.78 is 34.4. The molecule has 0 rings (SSSR count). The van der Waals surface area contributed by atoms with Gasteiger partial charge in [0.1, 0.15) is 0 Å². The summed E-state index contributed by atoms with van der Waals surface area (Å²) in [5.74, 6) is 1.79. The molecule has 0 N–H and O–H groups in total. The van der Waals surface area contributed by atoms with E-state index in [4.69, 9.17) is 0 Å².